The molecule has 0 aromatic carbocycles. The van der Waals surface area contributed by atoms with Crippen LogP contribution >= 0.6 is 0 Å². The van der Waals surface area contributed by atoms with Gasteiger partial charge in [0.1, 0.15) is 11.1 Å². The molecule has 3 aromatic rings. The van der Waals surface area contributed by atoms with Crippen molar-refractivity contribution in [3.05, 3.63) is 64.9 Å². The van der Waals surface area contributed by atoms with Crippen molar-refractivity contribution in [2.45, 2.75) is 73.5 Å². The van der Waals surface area contributed by atoms with E-state index in [4.69, 9.17) is 9.73 Å². The quantitative estimate of drug-likeness (QED) is 0.433. The minimum absolute atomic E-state index is 0.0721. The molecule has 1 amide bonds. The number of aryl methyl sites for hydroxylation is 1. The lowest BCUT2D eigenvalue weighted by Gasteiger charge is -2.41. The van der Waals surface area contributed by atoms with Crippen LogP contribution in [0.4, 0.5) is 14.9 Å². The van der Waals surface area contributed by atoms with Crippen LogP contribution in [0.5, 0.6) is 0 Å². The minimum Gasteiger partial charge on any atom is -0.444 e. The van der Waals surface area contributed by atoms with Gasteiger partial charge in [0.05, 0.1) is 17.1 Å². The highest BCUT2D eigenvalue weighted by atomic mass is 19.1. The Bertz CT molecular complexity index is 1540. The maximum atomic E-state index is 14.9. The smallest absolute Gasteiger partial charge is 0.410 e. The Hall–Kier alpha value is -3.95. The SMILES string of the molecule is CC/C(C)=C(/N=c1ccc(N2CCN(C(=O)OC(C)(C)C)C(C)C2)cn1C(C)=O)c1cc(F)c2nc(C)cn2c1. The fourth-order valence-electron chi connectivity index (χ4n) is 4.79. The number of aromatic nitrogens is 3. The third kappa shape index (κ3) is 6.26. The molecule has 10 heteroatoms. The fraction of sp³-hybridized carbons (Fsp3) is 0.467. The van der Waals surface area contributed by atoms with Crippen molar-refractivity contribution in [1.29, 1.82) is 0 Å². The van der Waals surface area contributed by atoms with Crippen LogP contribution in [0.1, 0.15) is 70.9 Å². The number of piperazine rings is 1. The summed E-state index contributed by atoms with van der Waals surface area (Å²) in [7, 11) is 0. The molecule has 214 valence electrons. The molecule has 0 N–H and O–H groups in total. The molecule has 1 saturated heterocycles. The average Bonchev–Trinajstić information content (AvgIpc) is 3.26. The van der Waals surface area contributed by atoms with E-state index in [0.29, 0.717) is 42.8 Å². The van der Waals surface area contributed by atoms with E-state index in [2.05, 4.69) is 9.88 Å². The number of rotatable bonds is 4. The number of amides is 1. The minimum atomic E-state index is -0.557. The van der Waals surface area contributed by atoms with Gasteiger partial charge in [0.2, 0.25) is 5.91 Å². The number of halogens is 1. The highest BCUT2D eigenvalue weighted by Crippen LogP contribution is 2.25. The predicted octanol–water partition coefficient (Wildman–Crippen LogP) is 5.43. The molecule has 0 radical (unpaired) electrons. The number of pyridine rings is 2. The Morgan fingerprint density at radius 3 is 2.50 bits per heavy atom. The number of nitrogens with zero attached hydrogens (tertiary/aromatic N) is 6. The summed E-state index contributed by atoms with van der Waals surface area (Å²) in [6.07, 6.45) is 5.75. The zero-order chi connectivity index (χ0) is 29.4. The Labute approximate surface area is 234 Å². The molecule has 0 bridgehead atoms. The lowest BCUT2D eigenvalue weighted by molar-refractivity contribution is 0.0159. The molecule has 4 rings (SSSR count). The highest BCUT2D eigenvalue weighted by molar-refractivity contribution is 5.77. The second-order valence-electron chi connectivity index (χ2n) is 11.4. The average molecular weight is 551 g/mol. The molecule has 1 atom stereocenters. The summed E-state index contributed by atoms with van der Waals surface area (Å²) in [5, 5.41) is 0. The van der Waals surface area contributed by atoms with Gasteiger partial charge < -0.3 is 18.9 Å². The van der Waals surface area contributed by atoms with Gasteiger partial charge in [-0.3, -0.25) is 9.36 Å². The van der Waals surface area contributed by atoms with E-state index < -0.39 is 11.4 Å². The van der Waals surface area contributed by atoms with E-state index >= 15 is 0 Å². The van der Waals surface area contributed by atoms with E-state index in [-0.39, 0.29) is 23.7 Å². The van der Waals surface area contributed by atoms with Gasteiger partial charge in [-0.1, -0.05) is 6.92 Å². The standard InChI is InChI=1S/C30H39FN6O3/c1-9-19(2)27(23-14-25(31)28-32-20(3)15-35(28)17-23)33-26-11-10-24(18-37(26)22(5)38)34-12-13-36(21(4)16-34)29(39)40-30(6,7)8/h10-11,14-15,17-18,21H,9,12-13,16H2,1-8H3/b27-19+,33-26?. The van der Waals surface area contributed by atoms with Crippen molar-refractivity contribution < 1.29 is 18.7 Å². The second-order valence-corrected chi connectivity index (χ2v) is 11.4. The van der Waals surface area contributed by atoms with Crippen LogP contribution in [0.2, 0.25) is 0 Å². The van der Waals surface area contributed by atoms with E-state index in [0.717, 1.165) is 17.0 Å². The van der Waals surface area contributed by atoms with Crippen LogP contribution in [0.3, 0.4) is 0 Å². The molecule has 9 nitrogen and oxygen atoms in total. The monoisotopic (exact) mass is 550 g/mol. The van der Waals surface area contributed by atoms with Gasteiger partial charge in [-0.25, -0.2) is 19.2 Å². The van der Waals surface area contributed by atoms with Gasteiger partial charge in [-0.05, 0) is 71.7 Å². The van der Waals surface area contributed by atoms with Crippen molar-refractivity contribution >= 4 is 29.0 Å². The number of carbonyl (C=O) groups is 2. The summed E-state index contributed by atoms with van der Waals surface area (Å²) in [4.78, 5) is 38.4. The molecular formula is C30H39FN6O3. The van der Waals surface area contributed by atoms with Gasteiger partial charge in [-0.2, -0.15) is 0 Å². The third-order valence-corrected chi connectivity index (χ3v) is 6.93. The van der Waals surface area contributed by atoms with Crippen molar-refractivity contribution in [2.75, 3.05) is 24.5 Å². The van der Waals surface area contributed by atoms with E-state index in [1.54, 1.807) is 27.8 Å². The Balaban J connectivity index is 1.68. The molecular weight excluding hydrogens is 511 g/mol. The first-order valence-electron chi connectivity index (χ1n) is 13.6. The Kier molecular flexibility index (Phi) is 8.18. The number of fused-ring (bicyclic) bond motifs is 1. The molecule has 4 heterocycles. The van der Waals surface area contributed by atoms with E-state index in [1.165, 1.54) is 17.6 Å². The number of imidazole rings is 1. The summed E-state index contributed by atoms with van der Waals surface area (Å²) < 4.78 is 23.7. The van der Waals surface area contributed by atoms with Crippen molar-refractivity contribution in [3.8, 4) is 0 Å². The van der Waals surface area contributed by atoms with Crippen LogP contribution in [0.25, 0.3) is 11.3 Å². The number of allylic oxidation sites excluding steroid dienone is 1. The molecule has 1 unspecified atom stereocenters. The number of ether oxygens (including phenoxy) is 1. The first-order valence-corrected chi connectivity index (χ1v) is 13.6. The molecule has 40 heavy (non-hydrogen) atoms. The summed E-state index contributed by atoms with van der Waals surface area (Å²) in [5.41, 5.74) is 3.90. The fourth-order valence-corrected chi connectivity index (χ4v) is 4.79. The van der Waals surface area contributed by atoms with Crippen molar-refractivity contribution in [2.24, 2.45) is 4.99 Å². The van der Waals surface area contributed by atoms with Crippen molar-refractivity contribution in [1.82, 2.24) is 18.9 Å². The number of carbonyl (C=O) groups excluding carboxylic acids is 2. The normalized spacial score (nSPS) is 17.3. The summed E-state index contributed by atoms with van der Waals surface area (Å²) in [6, 6.07) is 5.10. The van der Waals surface area contributed by atoms with Crippen LogP contribution in [-0.4, -0.2) is 62.1 Å². The maximum Gasteiger partial charge on any atom is 0.410 e. The van der Waals surface area contributed by atoms with E-state index in [1.807, 2.05) is 60.7 Å². The van der Waals surface area contributed by atoms with Gasteiger partial charge in [0, 0.05) is 56.8 Å². The number of hydrogen-bond donors (Lipinski definition) is 0. The molecule has 1 aliphatic heterocycles. The zero-order valence-electron chi connectivity index (χ0n) is 24.7. The predicted molar refractivity (Wildman–Crippen MR) is 154 cm³/mol. The molecule has 1 fully saturated rings. The first kappa shape index (κ1) is 29.0. The van der Waals surface area contributed by atoms with Gasteiger partial charge >= 0.3 is 6.09 Å². The van der Waals surface area contributed by atoms with Crippen LogP contribution in [0.15, 0.2) is 47.4 Å². The summed E-state index contributed by atoms with van der Waals surface area (Å²) in [6.45, 7) is 16.5. The van der Waals surface area contributed by atoms with Crippen molar-refractivity contribution in [3.63, 3.8) is 0 Å². The molecule has 1 aliphatic rings. The topological polar surface area (TPSA) is 84.4 Å². The Morgan fingerprint density at radius 2 is 1.88 bits per heavy atom. The van der Waals surface area contributed by atoms with Gasteiger partial charge in [-0.15, -0.1) is 0 Å². The largest absolute Gasteiger partial charge is 0.444 e. The first-order chi connectivity index (χ1) is 18.8. The summed E-state index contributed by atoms with van der Waals surface area (Å²) in [5.74, 6) is -0.627. The molecule has 0 spiro atoms. The molecule has 0 saturated carbocycles. The zero-order valence-corrected chi connectivity index (χ0v) is 24.7. The lowest BCUT2D eigenvalue weighted by atomic mass is 10.1. The number of anilines is 1. The highest BCUT2D eigenvalue weighted by Gasteiger charge is 2.31. The number of hydrogen-bond acceptors (Lipinski definition) is 6. The van der Waals surface area contributed by atoms with Gasteiger partial charge in [0.25, 0.3) is 0 Å². The third-order valence-electron chi connectivity index (χ3n) is 6.93. The van der Waals surface area contributed by atoms with Crippen LogP contribution in [0, 0.1) is 12.7 Å². The molecule has 0 aliphatic carbocycles. The molecule has 3 aromatic heterocycles. The van der Waals surface area contributed by atoms with Gasteiger partial charge in [0.15, 0.2) is 11.5 Å². The van der Waals surface area contributed by atoms with Crippen LogP contribution in [-0.2, 0) is 4.74 Å². The summed E-state index contributed by atoms with van der Waals surface area (Å²) >= 11 is 0. The van der Waals surface area contributed by atoms with E-state index in [9.17, 15) is 14.0 Å². The maximum absolute atomic E-state index is 14.9. The Morgan fingerprint density at radius 1 is 1.15 bits per heavy atom. The van der Waals surface area contributed by atoms with Crippen LogP contribution < -0.4 is 10.4 Å². The second kappa shape index (κ2) is 11.3. The lowest BCUT2D eigenvalue weighted by Crippen LogP contribution is -2.55.